The molecule has 0 spiro atoms. The smallest absolute Gasteiger partial charge is 0.206 e. The van der Waals surface area contributed by atoms with Crippen LogP contribution in [0.3, 0.4) is 0 Å². The molecule has 1 aromatic rings. The number of fused-ring (bicyclic) bond motifs is 1. The van der Waals surface area contributed by atoms with Crippen molar-refractivity contribution in [1.29, 1.82) is 0 Å². The van der Waals surface area contributed by atoms with Gasteiger partial charge in [-0.15, -0.1) is 0 Å². The van der Waals surface area contributed by atoms with Gasteiger partial charge in [-0.3, -0.25) is 4.79 Å². The van der Waals surface area contributed by atoms with Crippen LogP contribution in [0.25, 0.3) is 0 Å². The van der Waals surface area contributed by atoms with Gasteiger partial charge in [0.15, 0.2) is 6.61 Å². The van der Waals surface area contributed by atoms with Gasteiger partial charge < -0.3 is 9.84 Å². The SMILES string of the molecule is CC.O=C1COc2cc(O)cc(F)c21. The second-order valence-electron chi connectivity index (χ2n) is 2.51. The Morgan fingerprint density at radius 1 is 1.43 bits per heavy atom. The summed E-state index contributed by atoms with van der Waals surface area (Å²) in [6.07, 6.45) is 0. The Morgan fingerprint density at radius 2 is 2.07 bits per heavy atom. The fraction of sp³-hybridized carbons (Fsp3) is 0.300. The number of carbonyl (C=O) groups excluding carboxylic acids is 1. The molecule has 4 heteroatoms. The molecule has 76 valence electrons. The van der Waals surface area contributed by atoms with Crippen LogP contribution in [0.4, 0.5) is 4.39 Å². The molecule has 0 bridgehead atoms. The van der Waals surface area contributed by atoms with E-state index in [9.17, 15) is 9.18 Å². The molecule has 1 aromatic carbocycles. The first-order chi connectivity index (χ1) is 6.68. The van der Waals surface area contributed by atoms with Crippen molar-refractivity contribution in [2.45, 2.75) is 13.8 Å². The molecule has 0 saturated heterocycles. The summed E-state index contributed by atoms with van der Waals surface area (Å²) >= 11 is 0. The molecule has 3 nitrogen and oxygen atoms in total. The number of ketones is 1. The van der Waals surface area contributed by atoms with Crippen LogP contribution in [0.15, 0.2) is 12.1 Å². The van der Waals surface area contributed by atoms with Crippen molar-refractivity contribution in [2.75, 3.05) is 6.61 Å². The highest BCUT2D eigenvalue weighted by Gasteiger charge is 2.25. The molecule has 0 aliphatic carbocycles. The number of phenols is 1. The number of carbonyl (C=O) groups is 1. The van der Waals surface area contributed by atoms with Crippen molar-refractivity contribution in [3.05, 3.63) is 23.5 Å². The summed E-state index contributed by atoms with van der Waals surface area (Å²) in [4.78, 5) is 11.0. The minimum Gasteiger partial charge on any atom is -0.508 e. The highest BCUT2D eigenvalue weighted by atomic mass is 19.1. The fourth-order valence-corrected chi connectivity index (χ4v) is 1.17. The summed E-state index contributed by atoms with van der Waals surface area (Å²) in [6.45, 7) is 3.86. The fourth-order valence-electron chi connectivity index (χ4n) is 1.17. The Labute approximate surface area is 81.1 Å². The third kappa shape index (κ3) is 1.69. The number of hydrogen-bond donors (Lipinski definition) is 1. The number of aromatic hydroxyl groups is 1. The lowest BCUT2D eigenvalue weighted by Gasteiger charge is -1.98. The minimum absolute atomic E-state index is 0.0622. The standard InChI is InChI=1S/C8H5FO3.C2H6/c9-5-1-4(10)2-7-8(5)6(11)3-12-7;1-2/h1-2,10H,3H2;1-2H3. The van der Waals surface area contributed by atoms with Crippen molar-refractivity contribution in [1.82, 2.24) is 0 Å². The molecule has 0 fully saturated rings. The summed E-state index contributed by atoms with van der Waals surface area (Å²) in [5.74, 6) is -1.23. The molecule has 0 radical (unpaired) electrons. The van der Waals surface area contributed by atoms with Gasteiger partial charge in [0.2, 0.25) is 5.78 Å². The monoisotopic (exact) mass is 198 g/mol. The van der Waals surface area contributed by atoms with Gasteiger partial charge in [0.05, 0.1) is 5.56 Å². The zero-order chi connectivity index (χ0) is 10.7. The molecule has 0 unspecified atom stereocenters. The lowest BCUT2D eigenvalue weighted by molar-refractivity contribution is 0.0958. The van der Waals surface area contributed by atoms with Crippen molar-refractivity contribution in [2.24, 2.45) is 0 Å². The summed E-state index contributed by atoms with van der Waals surface area (Å²) in [5, 5.41) is 8.93. The third-order valence-corrected chi connectivity index (χ3v) is 1.68. The molecule has 1 N–H and O–H groups in total. The van der Waals surface area contributed by atoms with Gasteiger partial charge >= 0.3 is 0 Å². The van der Waals surface area contributed by atoms with Gasteiger partial charge in [-0.2, -0.15) is 0 Å². The second kappa shape index (κ2) is 4.09. The molecule has 14 heavy (non-hydrogen) atoms. The number of ether oxygens (including phenoxy) is 1. The molecule has 0 aromatic heterocycles. The van der Waals surface area contributed by atoms with E-state index in [-0.39, 0.29) is 29.5 Å². The molecular formula is C10H11FO3. The van der Waals surface area contributed by atoms with Gasteiger partial charge in [0.25, 0.3) is 0 Å². The Balaban J connectivity index is 0.000000461. The average Bonchev–Trinajstić information content (AvgIpc) is 2.51. The van der Waals surface area contributed by atoms with Crippen LogP contribution in [0.5, 0.6) is 11.5 Å². The van der Waals surface area contributed by atoms with Crippen LogP contribution in [-0.4, -0.2) is 17.5 Å². The van der Waals surface area contributed by atoms with E-state index >= 15 is 0 Å². The number of phenolic OH excluding ortho intramolecular Hbond substituents is 1. The molecule has 1 heterocycles. The van der Waals surface area contributed by atoms with E-state index in [1.54, 1.807) is 0 Å². The first kappa shape index (κ1) is 10.5. The summed E-state index contributed by atoms with van der Waals surface area (Å²) in [7, 11) is 0. The molecule has 2 rings (SSSR count). The molecule has 0 saturated carbocycles. The maximum atomic E-state index is 12.9. The third-order valence-electron chi connectivity index (χ3n) is 1.68. The number of hydrogen-bond acceptors (Lipinski definition) is 3. The van der Waals surface area contributed by atoms with Crippen molar-refractivity contribution < 1.29 is 19.0 Å². The van der Waals surface area contributed by atoms with E-state index in [4.69, 9.17) is 9.84 Å². The number of rotatable bonds is 0. The van der Waals surface area contributed by atoms with Crippen molar-refractivity contribution in [3.63, 3.8) is 0 Å². The topological polar surface area (TPSA) is 46.5 Å². The summed E-state index contributed by atoms with van der Waals surface area (Å²) < 4.78 is 17.8. The maximum Gasteiger partial charge on any atom is 0.206 e. The number of benzene rings is 1. The van der Waals surface area contributed by atoms with E-state index in [2.05, 4.69) is 0 Å². The molecule has 0 atom stereocenters. The van der Waals surface area contributed by atoms with Crippen LogP contribution < -0.4 is 4.74 Å². The van der Waals surface area contributed by atoms with E-state index in [1.807, 2.05) is 13.8 Å². The molecule has 1 aliphatic rings. The highest BCUT2D eigenvalue weighted by Crippen LogP contribution is 2.31. The van der Waals surface area contributed by atoms with Gasteiger partial charge in [0.1, 0.15) is 17.3 Å². The van der Waals surface area contributed by atoms with Crippen LogP contribution in [-0.2, 0) is 0 Å². The van der Waals surface area contributed by atoms with Crippen LogP contribution in [0, 0.1) is 5.82 Å². The predicted molar refractivity (Wildman–Crippen MR) is 49.2 cm³/mol. The average molecular weight is 198 g/mol. The van der Waals surface area contributed by atoms with E-state index < -0.39 is 5.82 Å². The van der Waals surface area contributed by atoms with Gasteiger partial charge in [-0.1, -0.05) is 13.8 Å². The Hall–Kier alpha value is -1.58. The summed E-state index contributed by atoms with van der Waals surface area (Å²) in [6, 6.07) is 2.12. The van der Waals surface area contributed by atoms with Crippen LogP contribution in [0.1, 0.15) is 24.2 Å². The number of Topliss-reactive ketones (excluding diaryl/α,β-unsaturated/α-hetero) is 1. The van der Waals surface area contributed by atoms with E-state index in [0.29, 0.717) is 0 Å². The van der Waals surface area contributed by atoms with Crippen molar-refractivity contribution >= 4 is 5.78 Å². The zero-order valence-corrected chi connectivity index (χ0v) is 8.00. The zero-order valence-electron chi connectivity index (χ0n) is 8.00. The minimum atomic E-state index is -0.729. The lowest BCUT2D eigenvalue weighted by atomic mass is 10.1. The van der Waals surface area contributed by atoms with Gasteiger partial charge in [-0.05, 0) is 0 Å². The van der Waals surface area contributed by atoms with E-state index in [0.717, 1.165) is 6.07 Å². The Kier molecular flexibility index (Phi) is 3.06. The van der Waals surface area contributed by atoms with Crippen LogP contribution >= 0.6 is 0 Å². The summed E-state index contributed by atoms with van der Waals surface area (Å²) in [5.41, 5.74) is -0.0622. The van der Waals surface area contributed by atoms with E-state index in [1.165, 1.54) is 6.07 Å². The second-order valence-corrected chi connectivity index (χ2v) is 2.51. The molecular weight excluding hydrogens is 187 g/mol. The van der Waals surface area contributed by atoms with Gasteiger partial charge in [-0.25, -0.2) is 4.39 Å². The molecule has 1 aliphatic heterocycles. The normalized spacial score (nSPS) is 12.6. The Bertz CT molecular complexity index is 361. The predicted octanol–water partition coefficient (Wildman–Crippen LogP) is 2.13. The van der Waals surface area contributed by atoms with Gasteiger partial charge in [0, 0.05) is 12.1 Å². The molecule has 0 amide bonds. The lowest BCUT2D eigenvalue weighted by Crippen LogP contribution is -2.00. The number of halogens is 1. The van der Waals surface area contributed by atoms with Crippen LogP contribution in [0.2, 0.25) is 0 Å². The first-order valence-electron chi connectivity index (χ1n) is 4.37. The van der Waals surface area contributed by atoms with Crippen molar-refractivity contribution in [3.8, 4) is 11.5 Å². The Morgan fingerprint density at radius 3 is 2.71 bits per heavy atom. The highest BCUT2D eigenvalue weighted by molar-refractivity contribution is 6.02. The quantitative estimate of drug-likeness (QED) is 0.694. The maximum absolute atomic E-state index is 12.9. The first-order valence-corrected chi connectivity index (χ1v) is 4.37. The largest absolute Gasteiger partial charge is 0.508 e.